The Labute approximate surface area is 170 Å². The lowest BCUT2D eigenvalue weighted by atomic mass is 9.84. The fourth-order valence-electron chi connectivity index (χ4n) is 3.09. The van der Waals surface area contributed by atoms with Gasteiger partial charge in [0.1, 0.15) is 17.5 Å². The highest BCUT2D eigenvalue weighted by Gasteiger charge is 2.27. The van der Waals surface area contributed by atoms with Gasteiger partial charge in [0.25, 0.3) is 0 Å². The Balaban J connectivity index is 1.89. The Hall–Kier alpha value is -2.23. The lowest BCUT2D eigenvalue weighted by Gasteiger charge is -2.33. The molecule has 0 aliphatic carbocycles. The lowest BCUT2D eigenvalue weighted by molar-refractivity contribution is 0.0126. The average Bonchev–Trinajstić information content (AvgIpc) is 2.60. The van der Waals surface area contributed by atoms with E-state index in [1.807, 2.05) is 39.8 Å². The number of benzene rings is 1. The third-order valence-electron chi connectivity index (χ3n) is 4.78. The van der Waals surface area contributed by atoms with Gasteiger partial charge in [0.05, 0.1) is 0 Å². The van der Waals surface area contributed by atoms with Crippen LogP contribution >= 0.6 is 0 Å². The van der Waals surface area contributed by atoms with Gasteiger partial charge in [0.15, 0.2) is 0 Å². The minimum absolute atomic E-state index is 0.0593. The number of hydrogen-bond donors (Lipinski definition) is 0. The molecule has 1 aromatic rings. The zero-order valence-electron chi connectivity index (χ0n) is 18.2. The zero-order valence-corrected chi connectivity index (χ0v) is 18.2. The maximum Gasteiger partial charge on any atom is 0.410 e. The molecule has 1 heterocycles. The first-order chi connectivity index (χ1) is 13.0. The summed E-state index contributed by atoms with van der Waals surface area (Å²) in [6, 6.07) is 8.31. The van der Waals surface area contributed by atoms with E-state index < -0.39 is 5.60 Å². The lowest BCUT2D eigenvalue weighted by Crippen LogP contribution is -2.44. The molecule has 154 valence electrons. The molecule has 1 aliphatic heterocycles. The van der Waals surface area contributed by atoms with E-state index in [9.17, 15) is 4.79 Å². The second kappa shape index (κ2) is 8.85. The minimum atomic E-state index is -0.459. The van der Waals surface area contributed by atoms with Gasteiger partial charge in [-0.05, 0) is 45.4 Å². The molecule has 1 fully saturated rings. The van der Waals surface area contributed by atoms with Crippen molar-refractivity contribution in [1.29, 1.82) is 0 Å². The predicted molar refractivity (Wildman–Crippen MR) is 115 cm³/mol. The van der Waals surface area contributed by atoms with Gasteiger partial charge in [-0.2, -0.15) is 0 Å². The van der Waals surface area contributed by atoms with Crippen LogP contribution < -0.4 is 4.74 Å². The van der Waals surface area contributed by atoms with E-state index in [1.165, 1.54) is 5.56 Å². The van der Waals surface area contributed by atoms with Crippen molar-refractivity contribution in [3.8, 4) is 5.75 Å². The Morgan fingerprint density at radius 3 is 2.18 bits per heavy atom. The predicted octanol–water partition coefficient (Wildman–Crippen LogP) is 5.87. The number of carbonyl (C=O) groups excluding carboxylic acids is 1. The van der Waals surface area contributed by atoms with Crippen molar-refractivity contribution < 1.29 is 14.3 Å². The third-order valence-corrected chi connectivity index (χ3v) is 4.78. The van der Waals surface area contributed by atoms with Crippen molar-refractivity contribution in [3.63, 3.8) is 0 Å². The molecule has 4 heteroatoms. The Bertz CT molecular complexity index is 702. The molecule has 28 heavy (non-hydrogen) atoms. The summed E-state index contributed by atoms with van der Waals surface area (Å²) >= 11 is 0. The van der Waals surface area contributed by atoms with E-state index in [0.717, 1.165) is 24.2 Å². The summed E-state index contributed by atoms with van der Waals surface area (Å²) in [4.78, 5) is 13.9. The number of hydrogen-bond acceptors (Lipinski definition) is 3. The number of ether oxygens (including phenoxy) is 2. The van der Waals surface area contributed by atoms with Crippen molar-refractivity contribution >= 4 is 6.09 Å². The normalized spacial score (nSPS) is 16.3. The maximum absolute atomic E-state index is 12.2. The number of piperidine rings is 1. The summed E-state index contributed by atoms with van der Waals surface area (Å²) in [6.45, 7) is 17.3. The highest BCUT2D eigenvalue weighted by atomic mass is 16.6. The van der Waals surface area contributed by atoms with Crippen molar-refractivity contribution in [2.75, 3.05) is 13.1 Å². The molecule has 1 amide bonds. The van der Waals surface area contributed by atoms with Crippen LogP contribution in [0, 0.1) is 0 Å². The van der Waals surface area contributed by atoms with Crippen LogP contribution in [0.4, 0.5) is 4.79 Å². The highest BCUT2D eigenvalue weighted by molar-refractivity contribution is 5.68. The fraction of sp³-hybridized carbons (Fsp3) is 0.542. The van der Waals surface area contributed by atoms with Gasteiger partial charge in [-0.15, -0.1) is 0 Å². The Kier molecular flexibility index (Phi) is 6.97. The van der Waals surface area contributed by atoms with E-state index >= 15 is 0 Å². The molecule has 0 radical (unpaired) electrons. The molecule has 0 N–H and O–H groups in total. The van der Waals surface area contributed by atoms with Gasteiger partial charge in [-0.25, -0.2) is 4.79 Å². The summed E-state index contributed by atoms with van der Waals surface area (Å²) in [5.41, 5.74) is 1.76. The van der Waals surface area contributed by atoms with E-state index in [4.69, 9.17) is 9.47 Å². The number of rotatable bonds is 5. The zero-order chi connectivity index (χ0) is 20.9. The third kappa shape index (κ3) is 6.74. The monoisotopic (exact) mass is 385 g/mol. The van der Waals surface area contributed by atoms with Gasteiger partial charge in [-0.3, -0.25) is 0 Å². The molecule has 0 bridgehead atoms. The van der Waals surface area contributed by atoms with Gasteiger partial charge < -0.3 is 14.4 Å². The summed E-state index contributed by atoms with van der Waals surface area (Å²) in [5, 5.41) is 0. The number of nitrogens with zero attached hydrogens (tertiary/aromatic N) is 1. The second-order valence-electron chi connectivity index (χ2n) is 9.21. The van der Waals surface area contributed by atoms with E-state index in [-0.39, 0.29) is 17.6 Å². The van der Waals surface area contributed by atoms with Gasteiger partial charge in [-0.1, -0.05) is 50.3 Å². The first kappa shape index (κ1) is 22.1. The highest BCUT2D eigenvalue weighted by Crippen LogP contribution is 2.28. The van der Waals surface area contributed by atoms with Gasteiger partial charge >= 0.3 is 6.09 Å². The van der Waals surface area contributed by atoms with Crippen LogP contribution in [0.1, 0.15) is 59.9 Å². The minimum Gasteiger partial charge on any atom is -0.490 e. The summed E-state index contributed by atoms with van der Waals surface area (Å²) in [5.74, 6) is 0.874. The van der Waals surface area contributed by atoms with Crippen LogP contribution in [0.3, 0.4) is 0 Å². The average molecular weight is 386 g/mol. The van der Waals surface area contributed by atoms with Crippen molar-refractivity contribution in [3.05, 3.63) is 54.1 Å². The number of likely N-dealkylation sites (tertiary alicyclic amines) is 1. The summed E-state index contributed by atoms with van der Waals surface area (Å²) in [7, 11) is 0. The first-order valence-electron chi connectivity index (χ1n) is 10.1. The van der Waals surface area contributed by atoms with Crippen LogP contribution in [0.25, 0.3) is 0 Å². The topological polar surface area (TPSA) is 38.8 Å². The quantitative estimate of drug-likeness (QED) is 0.595. The molecule has 1 saturated heterocycles. The summed E-state index contributed by atoms with van der Waals surface area (Å²) < 4.78 is 11.6. The van der Waals surface area contributed by atoms with Crippen LogP contribution in [-0.4, -0.2) is 35.8 Å². The maximum atomic E-state index is 12.2. The Morgan fingerprint density at radius 1 is 1.11 bits per heavy atom. The molecule has 0 unspecified atom stereocenters. The van der Waals surface area contributed by atoms with E-state index in [0.29, 0.717) is 13.1 Å². The SMILES string of the molecule is C=C(C)/C=C\C(C)(C)c1ccc(OC2CCN(C(=O)OC(C)(C)C)CC2)cc1. The molecule has 1 aliphatic rings. The molecule has 0 spiro atoms. The molecular weight excluding hydrogens is 350 g/mol. The van der Waals surface area contributed by atoms with Crippen LogP contribution in [0.5, 0.6) is 5.75 Å². The van der Waals surface area contributed by atoms with Crippen LogP contribution in [0.15, 0.2) is 48.6 Å². The molecule has 1 aromatic carbocycles. The summed E-state index contributed by atoms with van der Waals surface area (Å²) in [6.07, 6.45) is 5.75. The van der Waals surface area contributed by atoms with Crippen LogP contribution in [-0.2, 0) is 10.2 Å². The van der Waals surface area contributed by atoms with Crippen molar-refractivity contribution in [2.45, 2.75) is 71.5 Å². The fourth-order valence-corrected chi connectivity index (χ4v) is 3.09. The van der Waals surface area contributed by atoms with E-state index in [2.05, 4.69) is 44.7 Å². The van der Waals surface area contributed by atoms with Gasteiger partial charge in [0, 0.05) is 31.3 Å². The molecule has 2 rings (SSSR count). The van der Waals surface area contributed by atoms with Crippen molar-refractivity contribution in [1.82, 2.24) is 4.90 Å². The molecule has 0 saturated carbocycles. The van der Waals surface area contributed by atoms with Crippen LogP contribution in [0.2, 0.25) is 0 Å². The van der Waals surface area contributed by atoms with E-state index in [1.54, 1.807) is 4.90 Å². The smallest absolute Gasteiger partial charge is 0.410 e. The largest absolute Gasteiger partial charge is 0.490 e. The number of amides is 1. The second-order valence-corrected chi connectivity index (χ2v) is 9.21. The first-order valence-corrected chi connectivity index (χ1v) is 10.1. The molecule has 0 aromatic heterocycles. The van der Waals surface area contributed by atoms with Gasteiger partial charge in [0.2, 0.25) is 0 Å². The molecule has 0 atom stereocenters. The standard InChI is InChI=1S/C24H35NO3/c1-18(2)12-15-24(6,7)19-8-10-20(11-9-19)27-21-13-16-25(17-14-21)22(26)28-23(3,4)5/h8-12,15,21H,1,13-14,16-17H2,2-7H3/b15-12-. The number of allylic oxidation sites excluding steroid dienone is 3. The van der Waals surface area contributed by atoms with Crippen molar-refractivity contribution in [2.24, 2.45) is 0 Å². The molecular formula is C24H35NO3. The Morgan fingerprint density at radius 2 is 1.68 bits per heavy atom. The molecule has 4 nitrogen and oxygen atoms in total. The number of carbonyl (C=O) groups is 1.